The molecular weight excluding hydrogens is 259 g/mol. The average molecular weight is 267 g/mol. The summed E-state index contributed by atoms with van der Waals surface area (Å²) in [5.41, 5.74) is 5.71. The number of anilines is 1. The summed E-state index contributed by atoms with van der Waals surface area (Å²) < 4.78 is 39.9. The van der Waals surface area contributed by atoms with Crippen LogP contribution >= 0.6 is 0 Å². The van der Waals surface area contributed by atoms with Gasteiger partial charge in [0.25, 0.3) is 6.43 Å². The van der Waals surface area contributed by atoms with E-state index in [9.17, 15) is 13.2 Å². The van der Waals surface area contributed by atoms with Crippen molar-refractivity contribution in [2.75, 3.05) is 5.73 Å². The number of nitrogens with one attached hydrogen (secondary N) is 1. The van der Waals surface area contributed by atoms with Crippen molar-refractivity contribution in [3.63, 3.8) is 0 Å². The number of nitrogens with zero attached hydrogens (tertiary/aromatic N) is 3. The number of nitrogens with two attached hydrogens (primary N) is 1. The smallest absolute Gasteiger partial charge is 0.282 e. The molecule has 8 heteroatoms. The molecule has 0 radical (unpaired) electrons. The van der Waals surface area contributed by atoms with Crippen molar-refractivity contribution in [3.8, 4) is 5.69 Å². The molecule has 0 saturated carbocycles. The Balaban J connectivity index is 2.27. The molecule has 0 saturated heterocycles. The molecule has 0 aliphatic heterocycles. The highest BCUT2D eigenvalue weighted by Crippen LogP contribution is 2.31. The third kappa shape index (κ3) is 1.72. The SMILES string of the molecule is Nc1[nH]nc2c1c(C(F)F)nn2-c1ccc(F)cc1. The first-order valence-corrected chi connectivity index (χ1v) is 5.34. The zero-order valence-corrected chi connectivity index (χ0v) is 9.44. The molecule has 0 spiro atoms. The van der Waals surface area contributed by atoms with Crippen LogP contribution in [0.5, 0.6) is 0 Å². The Labute approximate surface area is 104 Å². The molecule has 2 heterocycles. The van der Waals surface area contributed by atoms with Gasteiger partial charge in [-0.25, -0.2) is 17.9 Å². The molecule has 0 aliphatic rings. The number of aromatic nitrogens is 4. The van der Waals surface area contributed by atoms with Gasteiger partial charge in [0.05, 0.1) is 11.1 Å². The van der Waals surface area contributed by atoms with Gasteiger partial charge in [0.2, 0.25) is 0 Å². The monoisotopic (exact) mass is 267 g/mol. The average Bonchev–Trinajstić information content (AvgIpc) is 2.92. The number of benzene rings is 1. The highest BCUT2D eigenvalue weighted by Gasteiger charge is 2.23. The van der Waals surface area contributed by atoms with Gasteiger partial charge in [-0.2, -0.15) is 10.2 Å². The van der Waals surface area contributed by atoms with E-state index in [1.165, 1.54) is 28.9 Å². The van der Waals surface area contributed by atoms with Gasteiger partial charge in [-0.15, -0.1) is 0 Å². The molecule has 2 aromatic heterocycles. The van der Waals surface area contributed by atoms with Crippen LogP contribution < -0.4 is 5.73 Å². The number of halogens is 3. The number of hydrogen-bond donors (Lipinski definition) is 2. The predicted molar refractivity (Wildman–Crippen MR) is 62.5 cm³/mol. The van der Waals surface area contributed by atoms with E-state index in [-0.39, 0.29) is 16.9 Å². The second kappa shape index (κ2) is 4.01. The van der Waals surface area contributed by atoms with E-state index >= 15 is 0 Å². The van der Waals surface area contributed by atoms with Crippen LogP contribution in [-0.4, -0.2) is 20.0 Å². The van der Waals surface area contributed by atoms with Crippen molar-refractivity contribution in [2.45, 2.75) is 6.43 Å². The summed E-state index contributed by atoms with van der Waals surface area (Å²) in [5, 5.41) is 10.2. The second-order valence-electron chi connectivity index (χ2n) is 3.91. The highest BCUT2D eigenvalue weighted by atomic mass is 19.3. The Kier molecular flexibility index (Phi) is 2.44. The molecule has 0 aliphatic carbocycles. The normalized spacial score (nSPS) is 11.6. The Morgan fingerprint density at radius 3 is 2.53 bits per heavy atom. The lowest BCUT2D eigenvalue weighted by molar-refractivity contribution is 0.147. The first-order valence-electron chi connectivity index (χ1n) is 5.34. The summed E-state index contributed by atoms with van der Waals surface area (Å²) in [6.45, 7) is 0. The topological polar surface area (TPSA) is 72.5 Å². The van der Waals surface area contributed by atoms with E-state index in [1.54, 1.807) is 0 Å². The molecule has 19 heavy (non-hydrogen) atoms. The minimum absolute atomic E-state index is 0.0265. The maximum Gasteiger partial charge on any atom is 0.282 e. The molecule has 3 rings (SSSR count). The number of hydrogen-bond acceptors (Lipinski definition) is 3. The molecule has 98 valence electrons. The molecule has 5 nitrogen and oxygen atoms in total. The van der Waals surface area contributed by atoms with Crippen LogP contribution in [0.15, 0.2) is 24.3 Å². The number of nitrogen functional groups attached to an aromatic ring is 1. The van der Waals surface area contributed by atoms with Gasteiger partial charge in [-0.1, -0.05) is 0 Å². The van der Waals surface area contributed by atoms with Gasteiger partial charge in [-0.3, -0.25) is 5.10 Å². The van der Waals surface area contributed by atoms with Gasteiger partial charge in [0, 0.05) is 0 Å². The van der Waals surface area contributed by atoms with E-state index in [0.717, 1.165) is 0 Å². The summed E-state index contributed by atoms with van der Waals surface area (Å²) in [6, 6.07) is 5.26. The quantitative estimate of drug-likeness (QED) is 0.748. The number of alkyl halides is 2. The van der Waals surface area contributed by atoms with Gasteiger partial charge in [0.1, 0.15) is 17.3 Å². The fourth-order valence-electron chi connectivity index (χ4n) is 1.87. The van der Waals surface area contributed by atoms with E-state index in [0.29, 0.717) is 5.69 Å². The number of aromatic amines is 1. The van der Waals surface area contributed by atoms with Crippen molar-refractivity contribution in [1.29, 1.82) is 0 Å². The van der Waals surface area contributed by atoms with Crippen molar-refractivity contribution in [3.05, 3.63) is 35.8 Å². The van der Waals surface area contributed by atoms with Gasteiger partial charge in [0.15, 0.2) is 5.65 Å². The molecule has 0 bridgehead atoms. The Morgan fingerprint density at radius 2 is 1.89 bits per heavy atom. The van der Waals surface area contributed by atoms with Crippen LogP contribution in [0.1, 0.15) is 12.1 Å². The van der Waals surface area contributed by atoms with Crippen molar-refractivity contribution in [1.82, 2.24) is 20.0 Å². The van der Waals surface area contributed by atoms with E-state index in [2.05, 4.69) is 15.3 Å². The molecule has 0 amide bonds. The van der Waals surface area contributed by atoms with Crippen molar-refractivity contribution >= 4 is 16.9 Å². The van der Waals surface area contributed by atoms with Crippen molar-refractivity contribution < 1.29 is 13.2 Å². The number of rotatable bonds is 2. The number of fused-ring (bicyclic) bond motifs is 1. The maximum atomic E-state index is 12.9. The molecular formula is C11H8F3N5. The lowest BCUT2D eigenvalue weighted by Crippen LogP contribution is -1.99. The summed E-state index contributed by atoms with van der Waals surface area (Å²) in [4.78, 5) is 0. The maximum absolute atomic E-state index is 12.9. The van der Waals surface area contributed by atoms with Crippen LogP contribution in [0.2, 0.25) is 0 Å². The van der Waals surface area contributed by atoms with E-state index < -0.39 is 17.9 Å². The highest BCUT2D eigenvalue weighted by molar-refractivity contribution is 5.90. The molecule has 3 aromatic rings. The second-order valence-corrected chi connectivity index (χ2v) is 3.91. The molecule has 1 aromatic carbocycles. The zero-order chi connectivity index (χ0) is 13.6. The van der Waals surface area contributed by atoms with E-state index in [1.807, 2.05) is 0 Å². The Bertz CT molecular complexity index is 729. The molecule has 0 fully saturated rings. The van der Waals surface area contributed by atoms with Gasteiger partial charge >= 0.3 is 0 Å². The summed E-state index contributed by atoms with van der Waals surface area (Å²) in [6.07, 6.45) is -2.77. The molecule has 0 unspecified atom stereocenters. The molecule has 0 atom stereocenters. The Morgan fingerprint density at radius 1 is 1.21 bits per heavy atom. The largest absolute Gasteiger partial charge is 0.383 e. The van der Waals surface area contributed by atoms with Crippen molar-refractivity contribution in [2.24, 2.45) is 0 Å². The summed E-state index contributed by atoms with van der Waals surface area (Å²) in [7, 11) is 0. The standard InChI is InChI=1S/C11H8F3N5/c12-5-1-3-6(4-2-5)19-11-7(10(15)16-17-11)8(18-19)9(13)14/h1-4,9H,(H3,15,16,17). The lowest BCUT2D eigenvalue weighted by atomic mass is 10.3. The Hall–Kier alpha value is -2.51. The fourth-order valence-corrected chi connectivity index (χ4v) is 1.87. The predicted octanol–water partition coefficient (Wildman–Crippen LogP) is 2.41. The summed E-state index contributed by atoms with van der Waals surface area (Å²) in [5.74, 6) is -0.401. The lowest BCUT2D eigenvalue weighted by Gasteiger charge is -2.01. The van der Waals surface area contributed by atoms with Crippen LogP contribution in [-0.2, 0) is 0 Å². The van der Waals surface area contributed by atoms with Crippen LogP contribution in [0.4, 0.5) is 19.0 Å². The van der Waals surface area contributed by atoms with Crippen LogP contribution in [0.25, 0.3) is 16.7 Å². The number of H-pyrrole nitrogens is 1. The third-order valence-corrected chi connectivity index (χ3v) is 2.72. The summed E-state index contributed by atoms with van der Waals surface area (Å²) >= 11 is 0. The first kappa shape index (κ1) is 11.6. The minimum Gasteiger partial charge on any atom is -0.383 e. The third-order valence-electron chi connectivity index (χ3n) is 2.72. The van der Waals surface area contributed by atoms with Crippen LogP contribution in [0.3, 0.4) is 0 Å². The zero-order valence-electron chi connectivity index (χ0n) is 9.44. The van der Waals surface area contributed by atoms with Crippen LogP contribution in [0, 0.1) is 5.82 Å². The van der Waals surface area contributed by atoms with Gasteiger partial charge < -0.3 is 5.73 Å². The fraction of sp³-hybridized carbons (Fsp3) is 0.0909. The molecule has 3 N–H and O–H groups in total. The van der Waals surface area contributed by atoms with Gasteiger partial charge in [-0.05, 0) is 24.3 Å². The minimum atomic E-state index is -2.77. The first-order chi connectivity index (χ1) is 9.08. The van der Waals surface area contributed by atoms with E-state index in [4.69, 9.17) is 5.73 Å².